The van der Waals surface area contributed by atoms with E-state index < -0.39 is 17.4 Å². The Morgan fingerprint density at radius 3 is 2.30 bits per heavy atom. The molecular weight excluding hydrogens is 342 g/mol. The highest BCUT2D eigenvalue weighted by molar-refractivity contribution is 6.02. The first-order valence-corrected chi connectivity index (χ1v) is 9.22. The number of carbonyl (C=O) groups excluding carboxylic acids is 2. The van der Waals surface area contributed by atoms with E-state index in [0.29, 0.717) is 13.0 Å². The second-order valence-electron chi connectivity index (χ2n) is 7.28. The van der Waals surface area contributed by atoms with Crippen molar-refractivity contribution in [3.05, 3.63) is 53.6 Å². The fourth-order valence-electron chi connectivity index (χ4n) is 4.47. The van der Waals surface area contributed by atoms with Gasteiger partial charge in [0.1, 0.15) is 0 Å². The molecule has 0 aliphatic carbocycles. The van der Waals surface area contributed by atoms with Crippen LogP contribution in [0.5, 0.6) is 0 Å². The predicted molar refractivity (Wildman–Crippen MR) is 103 cm³/mol. The minimum atomic E-state index is -1.32. The summed E-state index contributed by atoms with van der Waals surface area (Å²) in [7, 11) is 2.65. The standard InChI is InChI=1S/C22H23NO4/c1-26-20(24)22(21(25)27-2)13-18-12-17(15-7-4-3-5-8-15)11-16-9-6-10-23(14-22)19(16)18/h3-5,7-8,11-12H,6,9-10,13-14H2,1-2H3. The lowest BCUT2D eigenvalue weighted by Crippen LogP contribution is -2.55. The van der Waals surface area contributed by atoms with E-state index in [-0.39, 0.29) is 0 Å². The SMILES string of the molecule is COC(=O)C1(C(=O)OC)Cc2cc(-c3ccccc3)cc3c2N(CCC3)C1. The fraction of sp³-hybridized carbons (Fsp3) is 0.364. The third-order valence-electron chi connectivity index (χ3n) is 5.67. The van der Waals surface area contributed by atoms with E-state index in [0.717, 1.165) is 36.1 Å². The molecule has 0 saturated heterocycles. The molecule has 0 saturated carbocycles. The molecule has 2 aromatic rings. The number of rotatable bonds is 3. The molecule has 0 fully saturated rings. The first-order valence-electron chi connectivity index (χ1n) is 9.22. The summed E-state index contributed by atoms with van der Waals surface area (Å²) in [6.07, 6.45) is 2.29. The molecule has 5 heteroatoms. The molecule has 27 heavy (non-hydrogen) atoms. The highest BCUT2D eigenvalue weighted by Gasteiger charge is 2.53. The van der Waals surface area contributed by atoms with Gasteiger partial charge in [-0.05, 0) is 47.2 Å². The summed E-state index contributed by atoms with van der Waals surface area (Å²) in [4.78, 5) is 27.5. The number of nitrogens with zero attached hydrogens (tertiary/aromatic N) is 1. The normalized spacial score (nSPS) is 17.0. The van der Waals surface area contributed by atoms with Gasteiger partial charge in [0.2, 0.25) is 0 Å². The average Bonchev–Trinajstić information content (AvgIpc) is 2.72. The molecular formula is C22H23NO4. The first kappa shape index (κ1) is 17.6. The molecule has 0 amide bonds. The number of hydrogen-bond donors (Lipinski definition) is 0. The summed E-state index contributed by atoms with van der Waals surface area (Å²) < 4.78 is 10.0. The molecule has 0 N–H and O–H groups in total. The zero-order valence-corrected chi connectivity index (χ0v) is 15.7. The van der Waals surface area contributed by atoms with Crippen molar-refractivity contribution in [2.45, 2.75) is 19.3 Å². The average molecular weight is 365 g/mol. The third kappa shape index (κ3) is 2.78. The summed E-state index contributed by atoms with van der Waals surface area (Å²) in [6, 6.07) is 14.5. The lowest BCUT2D eigenvalue weighted by Gasteiger charge is -2.44. The largest absolute Gasteiger partial charge is 0.468 e. The topological polar surface area (TPSA) is 55.8 Å². The van der Waals surface area contributed by atoms with Crippen LogP contribution >= 0.6 is 0 Å². The van der Waals surface area contributed by atoms with Gasteiger partial charge in [-0.15, -0.1) is 0 Å². The number of hydrogen-bond acceptors (Lipinski definition) is 5. The summed E-state index contributed by atoms with van der Waals surface area (Å²) in [5.41, 5.74) is 4.37. The second kappa shape index (κ2) is 6.72. The van der Waals surface area contributed by atoms with Gasteiger partial charge in [0.15, 0.2) is 5.41 Å². The zero-order valence-electron chi connectivity index (χ0n) is 15.7. The second-order valence-corrected chi connectivity index (χ2v) is 7.28. The van der Waals surface area contributed by atoms with Crippen LogP contribution in [-0.4, -0.2) is 39.2 Å². The van der Waals surface area contributed by atoms with Gasteiger partial charge in [-0.1, -0.05) is 30.3 Å². The minimum Gasteiger partial charge on any atom is -0.468 e. The van der Waals surface area contributed by atoms with Crippen LogP contribution < -0.4 is 4.90 Å². The molecule has 0 spiro atoms. The Morgan fingerprint density at radius 1 is 0.963 bits per heavy atom. The van der Waals surface area contributed by atoms with Crippen LogP contribution in [0.3, 0.4) is 0 Å². The van der Waals surface area contributed by atoms with Crippen molar-refractivity contribution in [3.63, 3.8) is 0 Å². The Balaban J connectivity index is 1.87. The summed E-state index contributed by atoms with van der Waals surface area (Å²) >= 11 is 0. The molecule has 140 valence electrons. The Hall–Kier alpha value is -2.82. The molecule has 2 aromatic carbocycles. The van der Waals surface area contributed by atoms with E-state index in [1.165, 1.54) is 25.5 Å². The molecule has 2 aliphatic heterocycles. The van der Waals surface area contributed by atoms with E-state index in [2.05, 4.69) is 29.2 Å². The summed E-state index contributed by atoms with van der Waals surface area (Å²) in [5, 5.41) is 0. The van der Waals surface area contributed by atoms with E-state index in [9.17, 15) is 9.59 Å². The van der Waals surface area contributed by atoms with Gasteiger partial charge in [-0.2, -0.15) is 0 Å². The van der Waals surface area contributed by atoms with Gasteiger partial charge in [0.25, 0.3) is 0 Å². The van der Waals surface area contributed by atoms with Gasteiger partial charge in [0.05, 0.1) is 14.2 Å². The minimum absolute atomic E-state index is 0.297. The molecule has 4 rings (SSSR count). The van der Waals surface area contributed by atoms with Crippen LogP contribution in [0, 0.1) is 5.41 Å². The van der Waals surface area contributed by atoms with E-state index >= 15 is 0 Å². The van der Waals surface area contributed by atoms with Crippen molar-refractivity contribution in [3.8, 4) is 11.1 Å². The van der Waals surface area contributed by atoms with Crippen LogP contribution in [0.4, 0.5) is 5.69 Å². The van der Waals surface area contributed by atoms with Crippen LogP contribution in [0.2, 0.25) is 0 Å². The van der Waals surface area contributed by atoms with Crippen molar-refractivity contribution < 1.29 is 19.1 Å². The number of anilines is 1. The summed E-state index contributed by atoms with van der Waals surface area (Å²) in [6.45, 7) is 1.12. The molecule has 5 nitrogen and oxygen atoms in total. The molecule has 2 heterocycles. The number of benzene rings is 2. The number of ether oxygens (including phenoxy) is 2. The molecule has 2 aliphatic rings. The maximum absolute atomic E-state index is 12.7. The quantitative estimate of drug-likeness (QED) is 0.618. The molecule has 0 aromatic heterocycles. The van der Waals surface area contributed by atoms with E-state index in [1.54, 1.807) is 0 Å². The smallest absolute Gasteiger partial charge is 0.325 e. The van der Waals surface area contributed by atoms with Gasteiger partial charge in [0, 0.05) is 25.2 Å². The molecule has 0 atom stereocenters. The van der Waals surface area contributed by atoms with Crippen molar-refractivity contribution in [1.82, 2.24) is 0 Å². The van der Waals surface area contributed by atoms with E-state index in [4.69, 9.17) is 9.47 Å². The Kier molecular flexibility index (Phi) is 4.38. The number of carbonyl (C=O) groups is 2. The molecule has 0 bridgehead atoms. The lowest BCUT2D eigenvalue weighted by molar-refractivity contribution is -0.168. The molecule has 0 radical (unpaired) electrons. The third-order valence-corrected chi connectivity index (χ3v) is 5.67. The lowest BCUT2D eigenvalue weighted by atomic mass is 9.74. The van der Waals surface area contributed by atoms with Crippen molar-refractivity contribution in [1.29, 1.82) is 0 Å². The Labute approximate surface area is 158 Å². The first-order chi connectivity index (χ1) is 13.1. The number of esters is 2. The summed E-state index contributed by atoms with van der Waals surface area (Å²) in [5.74, 6) is -1.06. The van der Waals surface area contributed by atoms with Crippen LogP contribution in [0.25, 0.3) is 11.1 Å². The van der Waals surface area contributed by atoms with Gasteiger partial charge < -0.3 is 14.4 Å². The Morgan fingerprint density at radius 2 is 1.63 bits per heavy atom. The predicted octanol–water partition coefficient (Wildman–Crippen LogP) is 2.99. The van der Waals surface area contributed by atoms with Gasteiger partial charge >= 0.3 is 11.9 Å². The van der Waals surface area contributed by atoms with Crippen molar-refractivity contribution in [2.75, 3.05) is 32.2 Å². The van der Waals surface area contributed by atoms with Gasteiger partial charge in [-0.3, -0.25) is 9.59 Å². The fourth-order valence-corrected chi connectivity index (χ4v) is 4.47. The monoisotopic (exact) mass is 365 g/mol. The van der Waals surface area contributed by atoms with Crippen molar-refractivity contribution >= 4 is 17.6 Å². The zero-order chi connectivity index (χ0) is 19.0. The maximum Gasteiger partial charge on any atom is 0.325 e. The Bertz CT molecular complexity index is 875. The highest BCUT2D eigenvalue weighted by Crippen LogP contribution is 2.44. The number of methoxy groups -OCH3 is 2. The van der Waals surface area contributed by atoms with E-state index in [1.807, 2.05) is 18.2 Å². The van der Waals surface area contributed by atoms with Crippen LogP contribution in [0.1, 0.15) is 17.5 Å². The van der Waals surface area contributed by atoms with Gasteiger partial charge in [-0.25, -0.2) is 0 Å². The number of aryl methyl sites for hydroxylation is 1. The van der Waals surface area contributed by atoms with Crippen molar-refractivity contribution in [2.24, 2.45) is 5.41 Å². The van der Waals surface area contributed by atoms with Crippen LogP contribution in [0.15, 0.2) is 42.5 Å². The molecule has 0 unspecified atom stereocenters. The van der Waals surface area contributed by atoms with Crippen LogP contribution in [-0.2, 0) is 31.9 Å². The maximum atomic E-state index is 12.7. The highest BCUT2D eigenvalue weighted by atomic mass is 16.5.